The molecule has 104 valence electrons. The van der Waals surface area contributed by atoms with Crippen molar-refractivity contribution >= 4 is 0 Å². The van der Waals surface area contributed by atoms with E-state index in [2.05, 4.69) is 64.7 Å². The summed E-state index contributed by atoms with van der Waals surface area (Å²) < 4.78 is 0. The van der Waals surface area contributed by atoms with Crippen LogP contribution in [0.4, 0.5) is 0 Å². The summed E-state index contributed by atoms with van der Waals surface area (Å²) in [5, 5.41) is 3.77. The second-order valence-electron chi connectivity index (χ2n) is 5.51. The minimum absolute atomic E-state index is 0.175. The molecule has 1 aromatic carbocycles. The number of likely N-dealkylation sites (N-methyl/N-ethyl adjacent to an activating group) is 1. The van der Waals surface area contributed by atoms with E-state index in [-0.39, 0.29) is 6.04 Å². The maximum absolute atomic E-state index is 4.54. The molecule has 2 atom stereocenters. The van der Waals surface area contributed by atoms with Crippen molar-refractivity contribution in [3.63, 3.8) is 0 Å². The standard InChI is InChI=1S/C17H21N3/c1-20-12-10-15(13-20)19-17(14-7-3-2-4-8-14)16-9-5-6-11-18-16/h2-9,11,15,17,19H,10,12-13H2,1H3. The Kier molecular flexibility index (Phi) is 4.09. The topological polar surface area (TPSA) is 28.2 Å². The van der Waals surface area contributed by atoms with Crippen LogP contribution in [0.25, 0.3) is 0 Å². The van der Waals surface area contributed by atoms with Crippen LogP contribution < -0.4 is 5.32 Å². The van der Waals surface area contributed by atoms with Gasteiger partial charge < -0.3 is 10.2 Å². The Hall–Kier alpha value is -1.71. The normalized spacial score (nSPS) is 20.9. The molecule has 3 nitrogen and oxygen atoms in total. The van der Waals surface area contributed by atoms with Crippen molar-refractivity contribution in [1.29, 1.82) is 0 Å². The number of hydrogen-bond acceptors (Lipinski definition) is 3. The summed E-state index contributed by atoms with van der Waals surface area (Å²) in [6.45, 7) is 2.28. The first kappa shape index (κ1) is 13.3. The molecule has 1 N–H and O–H groups in total. The number of benzene rings is 1. The monoisotopic (exact) mass is 267 g/mol. The quantitative estimate of drug-likeness (QED) is 0.922. The molecule has 1 aromatic heterocycles. The first-order chi connectivity index (χ1) is 9.83. The van der Waals surface area contributed by atoms with Crippen LogP contribution in [0.15, 0.2) is 54.7 Å². The third-order valence-electron chi connectivity index (χ3n) is 3.91. The fourth-order valence-corrected chi connectivity index (χ4v) is 2.85. The molecule has 1 saturated heterocycles. The van der Waals surface area contributed by atoms with Gasteiger partial charge in [-0.3, -0.25) is 4.98 Å². The van der Waals surface area contributed by atoms with Gasteiger partial charge in [0.25, 0.3) is 0 Å². The molecule has 20 heavy (non-hydrogen) atoms. The molecule has 0 bridgehead atoms. The van der Waals surface area contributed by atoms with E-state index in [4.69, 9.17) is 0 Å². The van der Waals surface area contributed by atoms with Gasteiger partial charge in [-0.05, 0) is 37.7 Å². The Bertz CT molecular complexity index is 487. The van der Waals surface area contributed by atoms with Gasteiger partial charge in [-0.2, -0.15) is 0 Å². The molecular weight excluding hydrogens is 246 g/mol. The molecule has 3 heteroatoms. The van der Waals surface area contributed by atoms with E-state index in [0.717, 1.165) is 12.2 Å². The van der Waals surface area contributed by atoms with Gasteiger partial charge in [-0.15, -0.1) is 0 Å². The Labute approximate surface area is 120 Å². The first-order valence-corrected chi connectivity index (χ1v) is 7.23. The van der Waals surface area contributed by atoms with Crippen LogP contribution in [-0.2, 0) is 0 Å². The maximum Gasteiger partial charge on any atom is 0.0753 e. The summed E-state index contributed by atoms with van der Waals surface area (Å²) in [4.78, 5) is 6.91. The predicted molar refractivity (Wildman–Crippen MR) is 81.6 cm³/mol. The Morgan fingerprint density at radius 3 is 2.60 bits per heavy atom. The molecule has 3 rings (SSSR count). The minimum Gasteiger partial charge on any atom is -0.305 e. The summed E-state index contributed by atoms with van der Waals surface area (Å²) in [5.74, 6) is 0. The van der Waals surface area contributed by atoms with Crippen LogP contribution in [0.1, 0.15) is 23.7 Å². The lowest BCUT2D eigenvalue weighted by Crippen LogP contribution is -2.35. The highest BCUT2D eigenvalue weighted by atomic mass is 15.2. The highest BCUT2D eigenvalue weighted by Crippen LogP contribution is 2.22. The largest absolute Gasteiger partial charge is 0.305 e. The van der Waals surface area contributed by atoms with Gasteiger partial charge in [0, 0.05) is 18.8 Å². The summed E-state index contributed by atoms with van der Waals surface area (Å²) in [6.07, 6.45) is 3.07. The number of likely N-dealkylation sites (tertiary alicyclic amines) is 1. The molecule has 0 amide bonds. The average molecular weight is 267 g/mol. The van der Waals surface area contributed by atoms with Crippen molar-refractivity contribution in [2.75, 3.05) is 20.1 Å². The molecule has 2 aromatic rings. The Balaban J connectivity index is 1.84. The zero-order valence-electron chi connectivity index (χ0n) is 11.9. The van der Waals surface area contributed by atoms with Gasteiger partial charge in [0.15, 0.2) is 0 Å². The molecule has 0 radical (unpaired) electrons. The number of aromatic nitrogens is 1. The number of nitrogens with one attached hydrogen (secondary N) is 1. The van der Waals surface area contributed by atoms with E-state index in [1.807, 2.05) is 12.3 Å². The van der Waals surface area contributed by atoms with Gasteiger partial charge in [-0.1, -0.05) is 36.4 Å². The lowest BCUT2D eigenvalue weighted by Gasteiger charge is -2.23. The zero-order valence-corrected chi connectivity index (χ0v) is 11.9. The molecule has 2 heterocycles. The van der Waals surface area contributed by atoms with Crippen molar-refractivity contribution in [3.05, 3.63) is 66.0 Å². The van der Waals surface area contributed by atoms with Crippen LogP contribution >= 0.6 is 0 Å². The molecule has 2 unspecified atom stereocenters. The van der Waals surface area contributed by atoms with E-state index in [9.17, 15) is 0 Å². The van der Waals surface area contributed by atoms with Crippen LogP contribution in [0.2, 0.25) is 0 Å². The molecule has 1 aliphatic rings. The van der Waals surface area contributed by atoms with E-state index >= 15 is 0 Å². The highest BCUT2D eigenvalue weighted by Gasteiger charge is 2.24. The summed E-state index contributed by atoms with van der Waals surface area (Å²) >= 11 is 0. The van der Waals surface area contributed by atoms with Gasteiger partial charge in [0.1, 0.15) is 0 Å². The van der Waals surface area contributed by atoms with Crippen molar-refractivity contribution < 1.29 is 0 Å². The van der Waals surface area contributed by atoms with Crippen LogP contribution in [0.5, 0.6) is 0 Å². The SMILES string of the molecule is CN1CCC(NC(c2ccccc2)c2ccccn2)C1. The van der Waals surface area contributed by atoms with Crippen molar-refractivity contribution in [1.82, 2.24) is 15.2 Å². The molecule has 1 aliphatic heterocycles. The third kappa shape index (κ3) is 3.06. The third-order valence-corrected chi connectivity index (χ3v) is 3.91. The second kappa shape index (κ2) is 6.16. The van der Waals surface area contributed by atoms with Crippen LogP contribution in [0, 0.1) is 0 Å². The van der Waals surface area contributed by atoms with E-state index in [0.29, 0.717) is 6.04 Å². The second-order valence-corrected chi connectivity index (χ2v) is 5.51. The fraction of sp³-hybridized carbons (Fsp3) is 0.353. The summed E-state index contributed by atoms with van der Waals surface area (Å²) in [7, 11) is 2.18. The van der Waals surface area contributed by atoms with Gasteiger partial charge >= 0.3 is 0 Å². The Morgan fingerprint density at radius 1 is 1.15 bits per heavy atom. The van der Waals surface area contributed by atoms with Crippen molar-refractivity contribution in [2.24, 2.45) is 0 Å². The smallest absolute Gasteiger partial charge is 0.0753 e. The predicted octanol–water partition coefficient (Wildman–Crippen LogP) is 2.46. The Morgan fingerprint density at radius 2 is 1.95 bits per heavy atom. The van der Waals surface area contributed by atoms with Crippen molar-refractivity contribution in [3.8, 4) is 0 Å². The van der Waals surface area contributed by atoms with Gasteiger partial charge in [-0.25, -0.2) is 0 Å². The summed E-state index contributed by atoms with van der Waals surface area (Å²) in [5.41, 5.74) is 2.37. The van der Waals surface area contributed by atoms with E-state index in [1.165, 1.54) is 18.5 Å². The highest BCUT2D eigenvalue weighted by molar-refractivity contribution is 5.27. The lowest BCUT2D eigenvalue weighted by molar-refractivity contribution is 0.390. The number of hydrogen-bond donors (Lipinski definition) is 1. The lowest BCUT2D eigenvalue weighted by atomic mass is 10.0. The molecular formula is C17H21N3. The van der Waals surface area contributed by atoms with Gasteiger partial charge in [0.2, 0.25) is 0 Å². The number of pyridine rings is 1. The molecule has 0 spiro atoms. The molecule has 0 aliphatic carbocycles. The van der Waals surface area contributed by atoms with Crippen molar-refractivity contribution in [2.45, 2.75) is 18.5 Å². The van der Waals surface area contributed by atoms with E-state index in [1.54, 1.807) is 0 Å². The maximum atomic E-state index is 4.54. The van der Waals surface area contributed by atoms with Crippen LogP contribution in [0.3, 0.4) is 0 Å². The van der Waals surface area contributed by atoms with Crippen LogP contribution in [-0.4, -0.2) is 36.1 Å². The molecule has 0 saturated carbocycles. The zero-order chi connectivity index (χ0) is 13.8. The average Bonchev–Trinajstić information content (AvgIpc) is 2.92. The molecule has 1 fully saturated rings. The van der Waals surface area contributed by atoms with Gasteiger partial charge in [0.05, 0.1) is 11.7 Å². The number of rotatable bonds is 4. The fourth-order valence-electron chi connectivity index (χ4n) is 2.85. The van der Waals surface area contributed by atoms with E-state index < -0.39 is 0 Å². The summed E-state index contributed by atoms with van der Waals surface area (Å²) in [6, 6.07) is 17.4. The first-order valence-electron chi connectivity index (χ1n) is 7.23. The minimum atomic E-state index is 0.175. The number of nitrogens with zero attached hydrogens (tertiary/aromatic N) is 2.